The molecular weight excluding hydrogens is 272 g/mol. The zero-order valence-corrected chi connectivity index (χ0v) is 13.6. The van der Waals surface area contributed by atoms with Crippen LogP contribution in [-0.4, -0.2) is 64.8 Å². The zero-order chi connectivity index (χ0) is 16.0. The first-order valence-electron chi connectivity index (χ1n) is 7.70. The van der Waals surface area contributed by atoms with Gasteiger partial charge < -0.3 is 19.6 Å². The summed E-state index contributed by atoms with van der Waals surface area (Å²) in [6.07, 6.45) is 3.27. The molecule has 0 radical (unpaired) electrons. The molecule has 1 aliphatic heterocycles. The molecule has 0 aromatic rings. The minimum Gasteiger partial charge on any atom is -0.480 e. The van der Waals surface area contributed by atoms with Gasteiger partial charge in [-0.1, -0.05) is 19.8 Å². The first kappa shape index (κ1) is 17.8. The number of ether oxygens (including phenoxy) is 1. The summed E-state index contributed by atoms with van der Waals surface area (Å²) in [5.74, 6) is -0.982. The molecule has 0 aromatic carbocycles. The van der Waals surface area contributed by atoms with Crippen molar-refractivity contribution in [3.8, 4) is 0 Å². The van der Waals surface area contributed by atoms with E-state index in [1.54, 1.807) is 4.90 Å². The SMILES string of the molecule is CCCCCN(C(=O)N1CC(C)(OCC(=O)O)C1)C(C)C. The predicted molar refractivity (Wildman–Crippen MR) is 80.3 cm³/mol. The van der Waals surface area contributed by atoms with Crippen molar-refractivity contribution in [3.63, 3.8) is 0 Å². The first-order valence-corrected chi connectivity index (χ1v) is 7.70. The van der Waals surface area contributed by atoms with E-state index in [1.807, 2.05) is 25.7 Å². The third-order valence-corrected chi connectivity index (χ3v) is 3.74. The minimum absolute atomic E-state index is 0.0255. The van der Waals surface area contributed by atoms with E-state index in [9.17, 15) is 9.59 Å². The number of amides is 2. The second-order valence-electron chi connectivity index (χ2n) is 6.27. The number of carboxylic acids is 1. The summed E-state index contributed by atoms with van der Waals surface area (Å²) in [5, 5.41) is 8.64. The van der Waals surface area contributed by atoms with Crippen molar-refractivity contribution in [1.82, 2.24) is 9.80 Å². The highest BCUT2D eigenvalue weighted by molar-refractivity contribution is 5.76. The Balaban J connectivity index is 2.46. The van der Waals surface area contributed by atoms with E-state index < -0.39 is 11.6 Å². The Morgan fingerprint density at radius 1 is 1.33 bits per heavy atom. The number of nitrogens with zero attached hydrogens (tertiary/aromatic N) is 2. The topological polar surface area (TPSA) is 70.1 Å². The second kappa shape index (κ2) is 7.64. The van der Waals surface area contributed by atoms with E-state index in [-0.39, 0.29) is 18.7 Å². The maximum Gasteiger partial charge on any atom is 0.329 e. The van der Waals surface area contributed by atoms with Crippen molar-refractivity contribution < 1.29 is 19.4 Å². The predicted octanol–water partition coefficient (Wildman–Crippen LogP) is 2.18. The lowest BCUT2D eigenvalue weighted by molar-refractivity contribution is -0.160. The van der Waals surface area contributed by atoms with Crippen LogP contribution in [0.25, 0.3) is 0 Å². The molecule has 2 amide bonds. The van der Waals surface area contributed by atoms with Gasteiger partial charge in [0.25, 0.3) is 0 Å². The monoisotopic (exact) mass is 300 g/mol. The molecule has 6 nitrogen and oxygen atoms in total. The van der Waals surface area contributed by atoms with Gasteiger partial charge in [-0.05, 0) is 27.2 Å². The lowest BCUT2D eigenvalue weighted by Gasteiger charge is -2.49. The normalized spacial score (nSPS) is 16.7. The summed E-state index contributed by atoms with van der Waals surface area (Å²) >= 11 is 0. The van der Waals surface area contributed by atoms with Crippen LogP contribution in [0.4, 0.5) is 4.79 Å². The summed E-state index contributed by atoms with van der Waals surface area (Å²) in [5.41, 5.74) is -0.528. The molecule has 1 heterocycles. The Labute approximate surface area is 127 Å². The van der Waals surface area contributed by atoms with Crippen LogP contribution in [0.2, 0.25) is 0 Å². The molecule has 0 aromatic heterocycles. The molecule has 0 saturated carbocycles. The van der Waals surface area contributed by atoms with Crippen LogP contribution >= 0.6 is 0 Å². The molecule has 1 saturated heterocycles. The molecule has 0 unspecified atom stereocenters. The van der Waals surface area contributed by atoms with E-state index in [0.717, 1.165) is 25.8 Å². The highest BCUT2D eigenvalue weighted by atomic mass is 16.5. The fourth-order valence-corrected chi connectivity index (χ4v) is 2.51. The molecule has 1 N–H and O–H groups in total. The number of unbranched alkanes of at least 4 members (excludes halogenated alkanes) is 2. The van der Waals surface area contributed by atoms with Gasteiger partial charge in [0, 0.05) is 12.6 Å². The number of likely N-dealkylation sites (tertiary alicyclic amines) is 1. The fourth-order valence-electron chi connectivity index (χ4n) is 2.51. The number of carbonyl (C=O) groups is 2. The molecule has 0 spiro atoms. The molecule has 6 heteroatoms. The van der Waals surface area contributed by atoms with E-state index in [1.165, 1.54) is 0 Å². The van der Waals surface area contributed by atoms with Crippen molar-refractivity contribution >= 4 is 12.0 Å². The molecule has 1 fully saturated rings. The van der Waals surface area contributed by atoms with E-state index >= 15 is 0 Å². The molecule has 21 heavy (non-hydrogen) atoms. The quantitative estimate of drug-likeness (QED) is 0.698. The first-order chi connectivity index (χ1) is 9.79. The van der Waals surface area contributed by atoms with Crippen molar-refractivity contribution in [1.29, 1.82) is 0 Å². The zero-order valence-electron chi connectivity index (χ0n) is 13.6. The van der Waals surface area contributed by atoms with Crippen LogP contribution in [-0.2, 0) is 9.53 Å². The number of urea groups is 1. The van der Waals surface area contributed by atoms with E-state index in [2.05, 4.69) is 6.92 Å². The van der Waals surface area contributed by atoms with Gasteiger partial charge in [-0.25, -0.2) is 9.59 Å². The Morgan fingerprint density at radius 3 is 2.43 bits per heavy atom. The standard InChI is InChI=1S/C15H28N2O4/c1-5-6-7-8-17(12(2)3)14(20)16-10-15(4,11-16)21-9-13(18)19/h12H,5-11H2,1-4H3,(H,18,19). The largest absolute Gasteiger partial charge is 0.480 e. The van der Waals surface area contributed by atoms with Crippen molar-refractivity contribution in [2.24, 2.45) is 0 Å². The van der Waals surface area contributed by atoms with Gasteiger partial charge in [-0.2, -0.15) is 0 Å². The summed E-state index contributed by atoms with van der Waals surface area (Å²) in [6, 6.07) is 0.193. The van der Waals surface area contributed by atoms with Gasteiger partial charge in [0.1, 0.15) is 12.2 Å². The summed E-state index contributed by atoms with van der Waals surface area (Å²) in [7, 11) is 0. The van der Waals surface area contributed by atoms with Crippen LogP contribution in [0.15, 0.2) is 0 Å². The highest BCUT2D eigenvalue weighted by Crippen LogP contribution is 2.26. The van der Waals surface area contributed by atoms with Gasteiger partial charge in [0.05, 0.1) is 13.1 Å². The van der Waals surface area contributed by atoms with E-state index in [0.29, 0.717) is 13.1 Å². The van der Waals surface area contributed by atoms with Crippen molar-refractivity contribution in [2.45, 2.75) is 58.6 Å². The van der Waals surface area contributed by atoms with Crippen LogP contribution in [0.1, 0.15) is 47.0 Å². The number of rotatable bonds is 8. The lowest BCUT2D eigenvalue weighted by atomic mass is 9.97. The Bertz CT molecular complexity index is 365. The van der Waals surface area contributed by atoms with Gasteiger partial charge >= 0.3 is 12.0 Å². The summed E-state index contributed by atoms with van der Waals surface area (Å²) in [4.78, 5) is 26.6. The van der Waals surface area contributed by atoms with Gasteiger partial charge in [-0.15, -0.1) is 0 Å². The van der Waals surface area contributed by atoms with Crippen molar-refractivity contribution in [2.75, 3.05) is 26.2 Å². The van der Waals surface area contributed by atoms with Crippen LogP contribution < -0.4 is 0 Å². The van der Waals surface area contributed by atoms with Gasteiger partial charge in [0.15, 0.2) is 0 Å². The highest BCUT2D eigenvalue weighted by Gasteiger charge is 2.44. The smallest absolute Gasteiger partial charge is 0.329 e. The maximum absolute atomic E-state index is 12.5. The number of aliphatic carboxylic acids is 1. The second-order valence-corrected chi connectivity index (χ2v) is 6.27. The number of hydrogen-bond acceptors (Lipinski definition) is 3. The molecule has 122 valence electrons. The number of hydrogen-bond donors (Lipinski definition) is 1. The molecular formula is C15H28N2O4. The minimum atomic E-state index is -0.982. The van der Waals surface area contributed by atoms with Crippen molar-refractivity contribution in [3.05, 3.63) is 0 Å². The van der Waals surface area contributed by atoms with Crippen LogP contribution in [0, 0.1) is 0 Å². The summed E-state index contributed by atoms with van der Waals surface area (Å²) in [6.45, 7) is 9.38. The maximum atomic E-state index is 12.5. The van der Waals surface area contributed by atoms with Crippen LogP contribution in [0.5, 0.6) is 0 Å². The number of carbonyl (C=O) groups excluding carboxylic acids is 1. The van der Waals surface area contributed by atoms with Crippen LogP contribution in [0.3, 0.4) is 0 Å². The lowest BCUT2D eigenvalue weighted by Crippen LogP contribution is -2.66. The fraction of sp³-hybridized carbons (Fsp3) is 0.867. The third-order valence-electron chi connectivity index (χ3n) is 3.74. The molecule has 1 rings (SSSR count). The number of carboxylic acid groups (broad SMARTS) is 1. The average molecular weight is 300 g/mol. The molecule has 1 aliphatic rings. The average Bonchev–Trinajstić information content (AvgIpc) is 2.37. The van der Waals surface area contributed by atoms with E-state index in [4.69, 9.17) is 9.84 Å². The molecule has 0 aliphatic carbocycles. The third kappa shape index (κ3) is 5.19. The molecule has 0 atom stereocenters. The Kier molecular flexibility index (Phi) is 6.45. The Morgan fingerprint density at radius 2 is 1.95 bits per heavy atom. The Hall–Kier alpha value is -1.30. The molecule has 0 bridgehead atoms. The van der Waals surface area contributed by atoms with Gasteiger partial charge in [-0.3, -0.25) is 0 Å². The summed E-state index contributed by atoms with van der Waals surface area (Å²) < 4.78 is 5.33. The van der Waals surface area contributed by atoms with Gasteiger partial charge in [0.2, 0.25) is 0 Å².